The number of sulfonamides is 1. The van der Waals surface area contributed by atoms with Crippen LogP contribution in [0.2, 0.25) is 0 Å². The number of ether oxygens (including phenoxy) is 4. The number of hydrogen-bond acceptors (Lipinski definition) is 7. The Balaban J connectivity index is 1.97. The second-order valence-electron chi connectivity index (χ2n) is 6.39. The zero-order valence-electron chi connectivity index (χ0n) is 15.9. The molecule has 1 aromatic carbocycles. The molecule has 28 heavy (non-hydrogen) atoms. The van der Waals surface area contributed by atoms with E-state index in [9.17, 15) is 17.2 Å². The summed E-state index contributed by atoms with van der Waals surface area (Å²) in [6.45, 7) is 0.960. The molecule has 158 valence electrons. The molecule has 1 aromatic rings. The molecule has 0 amide bonds. The first-order valence-corrected chi connectivity index (χ1v) is 11.1. The van der Waals surface area contributed by atoms with E-state index in [1.807, 2.05) is 0 Å². The van der Waals surface area contributed by atoms with Crippen molar-refractivity contribution >= 4 is 21.3 Å². The fourth-order valence-electron chi connectivity index (χ4n) is 3.65. The van der Waals surface area contributed by atoms with Crippen molar-refractivity contribution in [1.82, 2.24) is 8.61 Å². The van der Waals surface area contributed by atoms with Crippen molar-refractivity contribution in [2.24, 2.45) is 0 Å². The molecule has 1 N–H and O–H groups in total. The van der Waals surface area contributed by atoms with Crippen LogP contribution in [0.1, 0.15) is 12.8 Å². The van der Waals surface area contributed by atoms with Crippen molar-refractivity contribution in [3.63, 3.8) is 0 Å². The summed E-state index contributed by atoms with van der Waals surface area (Å²) in [5.41, 5.74) is -1.03. The highest BCUT2D eigenvalue weighted by Crippen LogP contribution is 2.43. The molecular formula is C16H24N2O8S2. The molecule has 3 rings (SSSR count). The third-order valence-corrected chi connectivity index (χ3v) is 7.80. The van der Waals surface area contributed by atoms with Crippen molar-refractivity contribution in [1.29, 1.82) is 0 Å². The van der Waals surface area contributed by atoms with Crippen molar-refractivity contribution in [3.8, 4) is 17.2 Å². The van der Waals surface area contributed by atoms with Crippen LogP contribution in [-0.2, 0) is 26.0 Å². The maximum absolute atomic E-state index is 13.4. The van der Waals surface area contributed by atoms with E-state index in [-0.39, 0.29) is 42.6 Å². The van der Waals surface area contributed by atoms with Gasteiger partial charge in [-0.25, -0.2) is 16.9 Å². The minimum Gasteiger partial charge on any atom is -0.493 e. The lowest BCUT2D eigenvalue weighted by Crippen LogP contribution is -2.54. The highest BCUT2D eigenvalue weighted by atomic mass is 32.2. The summed E-state index contributed by atoms with van der Waals surface area (Å²) < 4.78 is 71.7. The number of benzene rings is 1. The molecule has 10 nitrogen and oxygen atoms in total. The number of hydrogen-bond donors (Lipinski definition) is 1. The first kappa shape index (κ1) is 21.3. The van der Waals surface area contributed by atoms with Crippen molar-refractivity contribution in [3.05, 3.63) is 12.1 Å². The molecule has 0 aromatic heterocycles. The van der Waals surface area contributed by atoms with Gasteiger partial charge in [-0.3, -0.25) is 4.55 Å². The van der Waals surface area contributed by atoms with Crippen LogP contribution in [0.4, 0.5) is 0 Å². The Hall–Kier alpha value is -1.44. The first-order valence-electron chi connectivity index (χ1n) is 8.62. The van der Waals surface area contributed by atoms with Gasteiger partial charge in [-0.2, -0.15) is 4.31 Å². The Morgan fingerprint density at radius 1 is 1.07 bits per heavy atom. The van der Waals surface area contributed by atoms with E-state index in [1.165, 1.54) is 42.1 Å². The molecule has 0 saturated carbocycles. The normalized spacial score (nSPS) is 21.6. The lowest BCUT2D eigenvalue weighted by molar-refractivity contribution is -0.0807. The van der Waals surface area contributed by atoms with Gasteiger partial charge < -0.3 is 18.9 Å². The third-order valence-electron chi connectivity index (χ3n) is 5.07. The van der Waals surface area contributed by atoms with E-state index in [4.69, 9.17) is 18.9 Å². The predicted molar refractivity (Wildman–Crippen MR) is 100 cm³/mol. The van der Waals surface area contributed by atoms with E-state index in [0.29, 0.717) is 18.6 Å². The van der Waals surface area contributed by atoms with Crippen LogP contribution in [-0.4, -0.2) is 79.1 Å². The van der Waals surface area contributed by atoms with Gasteiger partial charge in [-0.15, -0.1) is 0 Å². The zero-order valence-corrected chi connectivity index (χ0v) is 17.5. The maximum atomic E-state index is 13.4. The molecule has 0 bridgehead atoms. The summed E-state index contributed by atoms with van der Waals surface area (Å²) in [6, 6.07) is 2.78. The monoisotopic (exact) mass is 436 g/mol. The van der Waals surface area contributed by atoms with Gasteiger partial charge in [0.1, 0.15) is 5.72 Å². The molecule has 2 aliphatic heterocycles. The van der Waals surface area contributed by atoms with Gasteiger partial charge in [0.15, 0.2) is 11.5 Å². The van der Waals surface area contributed by atoms with Gasteiger partial charge in [-0.05, 0) is 0 Å². The van der Waals surface area contributed by atoms with Crippen molar-refractivity contribution < 1.29 is 36.1 Å². The first-order chi connectivity index (χ1) is 13.3. The number of methoxy groups -OCH3 is 3. The molecule has 2 heterocycles. The third kappa shape index (κ3) is 3.60. The number of rotatable bonds is 6. The average molecular weight is 437 g/mol. The van der Waals surface area contributed by atoms with Crippen LogP contribution >= 0.6 is 0 Å². The molecule has 1 atom stereocenters. The van der Waals surface area contributed by atoms with E-state index in [0.717, 1.165) is 0 Å². The van der Waals surface area contributed by atoms with Gasteiger partial charge in [0, 0.05) is 44.6 Å². The molecule has 1 unspecified atom stereocenters. The van der Waals surface area contributed by atoms with E-state index in [2.05, 4.69) is 0 Å². The summed E-state index contributed by atoms with van der Waals surface area (Å²) in [7, 11) is 0.334. The van der Waals surface area contributed by atoms with E-state index >= 15 is 0 Å². The Labute approximate surface area is 166 Å². The van der Waals surface area contributed by atoms with Gasteiger partial charge in [-0.1, -0.05) is 0 Å². The largest absolute Gasteiger partial charge is 0.493 e. The van der Waals surface area contributed by atoms with Crippen LogP contribution in [0, 0.1) is 0 Å². The quantitative estimate of drug-likeness (QED) is 0.647. The number of piperidine rings is 1. The van der Waals surface area contributed by atoms with E-state index in [1.54, 1.807) is 0 Å². The molecule has 0 aliphatic carbocycles. The van der Waals surface area contributed by atoms with Crippen LogP contribution in [0.25, 0.3) is 0 Å². The smallest absolute Gasteiger partial charge is 0.245 e. The molecule has 2 saturated heterocycles. The van der Waals surface area contributed by atoms with Crippen LogP contribution in [0.15, 0.2) is 17.0 Å². The fourth-order valence-corrected chi connectivity index (χ4v) is 5.90. The Morgan fingerprint density at radius 3 is 2.11 bits per heavy atom. The molecule has 1 spiro atoms. The summed E-state index contributed by atoms with van der Waals surface area (Å²) in [5, 5.41) is 0. The van der Waals surface area contributed by atoms with Crippen molar-refractivity contribution in [2.75, 3.05) is 47.6 Å². The van der Waals surface area contributed by atoms with Gasteiger partial charge in [0.25, 0.3) is 0 Å². The minimum absolute atomic E-state index is 0.0000363. The van der Waals surface area contributed by atoms with Crippen molar-refractivity contribution in [2.45, 2.75) is 23.5 Å². The predicted octanol–water partition coefficient (Wildman–Crippen LogP) is 0.662. The number of nitrogens with zero attached hydrogens (tertiary/aromatic N) is 2. The Bertz CT molecular complexity index is 827. The fraction of sp³-hybridized carbons (Fsp3) is 0.625. The molecule has 12 heteroatoms. The Kier molecular flexibility index (Phi) is 6.17. The van der Waals surface area contributed by atoms with Crippen LogP contribution < -0.4 is 14.2 Å². The molecule has 2 aliphatic rings. The topological polar surface area (TPSA) is 115 Å². The highest BCUT2D eigenvalue weighted by Gasteiger charge is 2.51. The summed E-state index contributed by atoms with van der Waals surface area (Å²) >= 11 is -2.09. The minimum atomic E-state index is -3.94. The lowest BCUT2D eigenvalue weighted by atomic mass is 10.0. The molecule has 0 radical (unpaired) electrons. The maximum Gasteiger partial charge on any atom is 0.245 e. The van der Waals surface area contributed by atoms with Crippen LogP contribution in [0.5, 0.6) is 17.2 Å². The zero-order chi connectivity index (χ0) is 20.5. The van der Waals surface area contributed by atoms with Gasteiger partial charge in [0.2, 0.25) is 27.0 Å². The second-order valence-corrected chi connectivity index (χ2v) is 9.23. The molecule has 2 fully saturated rings. The SMILES string of the molecule is COc1cc(S(=O)(=O)N2CCOC23CCN(S(=O)O)CC3)cc(OC)c1OC. The Morgan fingerprint density at radius 2 is 1.64 bits per heavy atom. The van der Waals surface area contributed by atoms with Gasteiger partial charge >= 0.3 is 0 Å². The summed E-state index contributed by atoms with van der Waals surface area (Å²) in [6.07, 6.45) is 0.589. The summed E-state index contributed by atoms with van der Waals surface area (Å²) in [5.74, 6) is 0.773. The standard InChI is InChI=1S/C16H24N2O8S2/c1-23-13-10-12(11-14(24-2)15(13)25-3)28(21,22)18-8-9-26-16(18)4-6-17(7-5-16)27(19)20/h10-11H,4-9H2,1-3H3,(H,19,20). The highest BCUT2D eigenvalue weighted by molar-refractivity contribution is 7.89. The summed E-state index contributed by atoms with van der Waals surface area (Å²) in [4.78, 5) is 0.0000363. The van der Waals surface area contributed by atoms with E-state index < -0.39 is 27.0 Å². The average Bonchev–Trinajstić information content (AvgIpc) is 3.10. The van der Waals surface area contributed by atoms with Crippen LogP contribution in [0.3, 0.4) is 0 Å². The lowest BCUT2D eigenvalue weighted by Gasteiger charge is -2.41. The second kappa shape index (κ2) is 8.13. The van der Waals surface area contributed by atoms with Gasteiger partial charge in [0.05, 0.1) is 32.8 Å². The molecular weight excluding hydrogens is 412 g/mol.